The van der Waals surface area contributed by atoms with Gasteiger partial charge in [-0.3, -0.25) is 4.79 Å². The van der Waals surface area contributed by atoms with Gasteiger partial charge in [-0.25, -0.2) is 9.78 Å². The van der Waals surface area contributed by atoms with Crippen LogP contribution in [0.2, 0.25) is 0 Å². The monoisotopic (exact) mass is 552 g/mol. The van der Waals surface area contributed by atoms with E-state index in [1.54, 1.807) is 6.20 Å². The van der Waals surface area contributed by atoms with Crippen LogP contribution in [0.25, 0.3) is 0 Å². The molecule has 4 rings (SSSR count). The number of thiophene rings is 1. The van der Waals surface area contributed by atoms with E-state index in [2.05, 4.69) is 29.1 Å². The largest absolute Gasteiger partial charge is 0.477 e. The lowest BCUT2D eigenvalue weighted by molar-refractivity contribution is -0.124. The molecule has 0 aromatic carbocycles. The van der Waals surface area contributed by atoms with Gasteiger partial charge in [0, 0.05) is 36.7 Å². The van der Waals surface area contributed by atoms with Crippen molar-refractivity contribution < 1.29 is 14.7 Å². The van der Waals surface area contributed by atoms with Gasteiger partial charge >= 0.3 is 5.97 Å². The van der Waals surface area contributed by atoms with Gasteiger partial charge < -0.3 is 21.1 Å². The fourth-order valence-electron chi connectivity index (χ4n) is 5.09. The van der Waals surface area contributed by atoms with Crippen molar-refractivity contribution in [1.82, 2.24) is 4.98 Å². The van der Waals surface area contributed by atoms with Gasteiger partial charge in [-0.2, -0.15) is 0 Å². The third kappa shape index (κ3) is 9.08. The zero-order valence-corrected chi connectivity index (χ0v) is 24.8. The second-order valence-corrected chi connectivity index (χ2v) is 12.9. The summed E-state index contributed by atoms with van der Waals surface area (Å²) in [4.78, 5) is 32.6. The molecule has 212 valence electrons. The van der Waals surface area contributed by atoms with Crippen molar-refractivity contribution in [3.63, 3.8) is 0 Å². The molecule has 2 heterocycles. The summed E-state index contributed by atoms with van der Waals surface area (Å²) in [6.45, 7) is 8.32. The van der Waals surface area contributed by atoms with Gasteiger partial charge in [0.05, 0.1) is 10.6 Å². The van der Waals surface area contributed by atoms with Gasteiger partial charge in [0.1, 0.15) is 10.7 Å². The van der Waals surface area contributed by atoms with Crippen LogP contribution in [0.3, 0.4) is 0 Å². The third-order valence-electron chi connectivity index (χ3n) is 7.36. The van der Waals surface area contributed by atoms with Crippen LogP contribution >= 0.6 is 11.3 Å². The summed E-state index contributed by atoms with van der Waals surface area (Å²) in [5.74, 6) is 6.95. The second kappa shape index (κ2) is 14.0. The van der Waals surface area contributed by atoms with Crippen LogP contribution in [-0.4, -0.2) is 41.1 Å². The van der Waals surface area contributed by atoms with Crippen molar-refractivity contribution in [2.24, 2.45) is 23.0 Å². The van der Waals surface area contributed by atoms with Crippen LogP contribution in [0.4, 0.5) is 11.5 Å². The fraction of sp³-hybridized carbons (Fsp3) is 0.581. The van der Waals surface area contributed by atoms with Gasteiger partial charge in [-0.1, -0.05) is 24.8 Å². The molecule has 39 heavy (non-hydrogen) atoms. The first-order valence-corrected chi connectivity index (χ1v) is 14.9. The summed E-state index contributed by atoms with van der Waals surface area (Å²) in [7, 11) is 1.85. The zero-order valence-electron chi connectivity index (χ0n) is 24.0. The molecule has 4 N–H and O–H groups in total. The highest BCUT2D eigenvalue weighted by atomic mass is 32.1. The number of carboxylic acid groups (broad SMARTS) is 1. The number of carbonyl (C=O) groups excluding carboxylic acids is 1. The Bertz CT molecular complexity index is 1150. The highest BCUT2D eigenvalue weighted by Crippen LogP contribution is 2.38. The Balaban J connectivity index is 0.000000449. The molecule has 0 atom stereocenters. The lowest BCUT2D eigenvalue weighted by atomic mass is 9.81. The van der Waals surface area contributed by atoms with Gasteiger partial charge in [0.25, 0.3) is 0 Å². The number of nitrogens with two attached hydrogens (primary N) is 1. The Morgan fingerprint density at radius 2 is 1.77 bits per heavy atom. The molecule has 0 unspecified atom stereocenters. The molecular weight excluding hydrogens is 508 g/mol. The van der Waals surface area contributed by atoms with E-state index in [0.29, 0.717) is 16.5 Å². The summed E-state index contributed by atoms with van der Waals surface area (Å²) >= 11 is 1.17. The molecule has 8 heteroatoms. The maximum absolute atomic E-state index is 13.8. The number of carboxylic acids is 1. The zero-order chi connectivity index (χ0) is 28.6. The summed E-state index contributed by atoms with van der Waals surface area (Å²) < 4.78 is 0. The number of amides is 1. The average molecular weight is 553 g/mol. The number of anilines is 2. The minimum absolute atomic E-state index is 0.00257. The lowest BCUT2D eigenvalue weighted by Crippen LogP contribution is -2.47. The SMILES string of the molecule is CC1CCC(C(=O)N(c2cc(C#CC(C)(C)C)sc2C(=O)O)C2CCC(N)CC2)CC1.CNc1ccccn1. The maximum atomic E-state index is 13.8. The Morgan fingerprint density at radius 1 is 1.10 bits per heavy atom. The first-order valence-electron chi connectivity index (χ1n) is 14.1. The maximum Gasteiger partial charge on any atom is 0.348 e. The van der Waals surface area contributed by atoms with Crippen molar-refractivity contribution in [3.05, 3.63) is 40.2 Å². The third-order valence-corrected chi connectivity index (χ3v) is 8.38. The van der Waals surface area contributed by atoms with Crippen LogP contribution in [0, 0.1) is 29.1 Å². The minimum Gasteiger partial charge on any atom is -0.477 e. The van der Waals surface area contributed by atoms with Crippen LogP contribution in [0.5, 0.6) is 0 Å². The molecule has 0 spiro atoms. The Morgan fingerprint density at radius 3 is 2.28 bits per heavy atom. The normalized spacial score (nSPS) is 22.9. The molecular formula is C31H44N4O3S. The Hall–Kier alpha value is -2.89. The van der Waals surface area contributed by atoms with E-state index < -0.39 is 5.97 Å². The van der Waals surface area contributed by atoms with Gasteiger partial charge in [0.15, 0.2) is 0 Å². The molecule has 7 nitrogen and oxygen atoms in total. The van der Waals surface area contributed by atoms with Crippen LogP contribution in [-0.2, 0) is 4.79 Å². The predicted molar refractivity (Wildman–Crippen MR) is 160 cm³/mol. The number of pyridine rings is 1. The summed E-state index contributed by atoms with van der Waals surface area (Å²) in [5.41, 5.74) is 6.47. The van der Waals surface area contributed by atoms with Gasteiger partial charge in [-0.05, 0) is 96.3 Å². The molecule has 0 radical (unpaired) electrons. The van der Waals surface area contributed by atoms with Crippen LogP contribution in [0.1, 0.15) is 93.6 Å². The average Bonchev–Trinajstić information content (AvgIpc) is 3.34. The molecule has 2 aliphatic rings. The molecule has 2 fully saturated rings. The van der Waals surface area contributed by atoms with E-state index in [4.69, 9.17) is 5.73 Å². The summed E-state index contributed by atoms with van der Waals surface area (Å²) in [5, 5.41) is 12.8. The number of aromatic carboxylic acids is 1. The number of carbonyl (C=O) groups is 2. The molecule has 0 saturated heterocycles. The van der Waals surface area contributed by atoms with Crippen molar-refractivity contribution in [1.29, 1.82) is 0 Å². The molecule has 2 aliphatic carbocycles. The molecule has 0 bridgehead atoms. The molecule has 2 saturated carbocycles. The molecule has 0 aliphatic heterocycles. The number of nitrogens with zero attached hydrogens (tertiary/aromatic N) is 2. The van der Waals surface area contributed by atoms with E-state index >= 15 is 0 Å². The van der Waals surface area contributed by atoms with E-state index in [9.17, 15) is 14.7 Å². The standard InChI is InChI=1S/C25H36N2O3S.C6H8N2/c1-16-5-7-17(8-6-16)23(28)27(19-11-9-18(26)10-12-19)21-15-20(13-14-25(2,3)4)31-22(21)24(29)30;1-7-6-4-2-3-5-8-6/h15-19H,5-12,26H2,1-4H3,(H,29,30);2-5H,1H3,(H,7,8). The lowest BCUT2D eigenvalue weighted by Gasteiger charge is -2.39. The van der Waals surface area contributed by atoms with E-state index in [-0.39, 0.29) is 34.2 Å². The Labute approximate surface area is 237 Å². The Kier molecular flexibility index (Phi) is 11.0. The number of hydrogen-bond acceptors (Lipinski definition) is 6. The van der Waals surface area contributed by atoms with Crippen molar-refractivity contribution in [2.75, 3.05) is 17.3 Å². The smallest absolute Gasteiger partial charge is 0.348 e. The van der Waals surface area contributed by atoms with Crippen molar-refractivity contribution in [3.8, 4) is 11.8 Å². The first-order chi connectivity index (χ1) is 18.5. The second-order valence-electron chi connectivity index (χ2n) is 11.8. The van der Waals surface area contributed by atoms with Crippen LogP contribution in [0.15, 0.2) is 30.5 Å². The quantitative estimate of drug-likeness (QED) is 0.371. The predicted octanol–water partition coefficient (Wildman–Crippen LogP) is 6.40. The number of rotatable bonds is 5. The summed E-state index contributed by atoms with van der Waals surface area (Å²) in [6, 6.07) is 7.74. The molecule has 2 aromatic rings. The number of nitrogens with one attached hydrogen (secondary N) is 1. The minimum atomic E-state index is -0.994. The van der Waals surface area contributed by atoms with Gasteiger partial charge in [-0.15, -0.1) is 11.3 Å². The highest BCUT2D eigenvalue weighted by Gasteiger charge is 2.37. The first kappa shape index (κ1) is 30.6. The van der Waals surface area contributed by atoms with Crippen molar-refractivity contribution in [2.45, 2.75) is 91.1 Å². The topological polar surface area (TPSA) is 109 Å². The highest BCUT2D eigenvalue weighted by molar-refractivity contribution is 7.15. The summed E-state index contributed by atoms with van der Waals surface area (Å²) in [6.07, 6.45) is 8.97. The van der Waals surface area contributed by atoms with E-state index in [1.165, 1.54) is 11.3 Å². The van der Waals surface area contributed by atoms with Crippen molar-refractivity contribution >= 4 is 34.7 Å². The van der Waals surface area contributed by atoms with Crippen LogP contribution < -0.4 is 16.0 Å². The molecule has 1 amide bonds. The van der Waals surface area contributed by atoms with Gasteiger partial charge in [0.2, 0.25) is 5.91 Å². The number of hydrogen-bond donors (Lipinski definition) is 3. The van der Waals surface area contributed by atoms with E-state index in [0.717, 1.165) is 57.2 Å². The fourth-order valence-corrected chi connectivity index (χ4v) is 5.94. The van der Waals surface area contributed by atoms with E-state index in [1.807, 2.05) is 57.0 Å². The number of aromatic nitrogens is 1. The molecule has 2 aromatic heterocycles.